The number of unbranched alkanes of at least 4 members (excludes halogenated alkanes) is 1. The Morgan fingerprint density at radius 2 is 1.92 bits per heavy atom. The van der Waals surface area contributed by atoms with E-state index in [1.807, 2.05) is 0 Å². The van der Waals surface area contributed by atoms with Crippen molar-refractivity contribution in [2.45, 2.75) is 51.8 Å². The molecule has 0 bridgehead atoms. The van der Waals surface area contributed by atoms with Gasteiger partial charge in [-0.2, -0.15) is 0 Å². The number of carboxylic acids is 1. The monoisotopic (exact) mass is 206 g/mol. The summed E-state index contributed by atoms with van der Waals surface area (Å²) in [5.74, 6) is -0.905. The third-order valence-corrected chi connectivity index (χ3v) is 2.31. The van der Waals surface area contributed by atoms with E-state index < -0.39 is 11.3 Å². The predicted molar refractivity (Wildman–Crippen MR) is 55.2 cm³/mol. The predicted octanol–water partition coefficient (Wildman–Crippen LogP) is 3.28. The van der Waals surface area contributed by atoms with Crippen LogP contribution in [0.2, 0.25) is 0 Å². The van der Waals surface area contributed by atoms with E-state index in [0.29, 0.717) is 11.8 Å². The van der Waals surface area contributed by atoms with Gasteiger partial charge in [0, 0.05) is 0 Å². The molecule has 78 valence electrons. The maximum Gasteiger partial charge on any atom is 0.321 e. The highest BCUT2D eigenvalue weighted by atomic mass is 35.5. The van der Waals surface area contributed by atoms with Gasteiger partial charge < -0.3 is 5.11 Å². The zero-order valence-corrected chi connectivity index (χ0v) is 9.40. The molecule has 0 aromatic carbocycles. The molecule has 3 heteroatoms. The molecule has 1 atom stereocenters. The quantitative estimate of drug-likeness (QED) is 0.554. The van der Waals surface area contributed by atoms with E-state index >= 15 is 0 Å². The SMILES string of the molecule is CC(C)(C)CCCCC(Cl)C(=O)O. The van der Waals surface area contributed by atoms with Crippen molar-refractivity contribution in [1.82, 2.24) is 0 Å². The van der Waals surface area contributed by atoms with Crippen molar-refractivity contribution < 1.29 is 9.90 Å². The molecule has 2 nitrogen and oxygen atoms in total. The Balaban J connectivity index is 3.41. The Labute approximate surface area is 85.3 Å². The van der Waals surface area contributed by atoms with Crippen LogP contribution in [0, 0.1) is 5.41 Å². The number of hydrogen-bond donors (Lipinski definition) is 1. The van der Waals surface area contributed by atoms with Crippen molar-refractivity contribution in [1.29, 1.82) is 0 Å². The standard InChI is InChI=1S/C10H19ClO2/c1-10(2,3)7-5-4-6-8(11)9(12)13/h8H,4-7H2,1-3H3,(H,12,13). The van der Waals surface area contributed by atoms with E-state index in [-0.39, 0.29) is 0 Å². The van der Waals surface area contributed by atoms with Crippen molar-refractivity contribution in [2.24, 2.45) is 5.41 Å². The van der Waals surface area contributed by atoms with Crippen LogP contribution < -0.4 is 0 Å². The second-order valence-corrected chi connectivity index (χ2v) is 5.14. The van der Waals surface area contributed by atoms with Crippen molar-refractivity contribution in [3.05, 3.63) is 0 Å². The average Bonchev–Trinajstić information content (AvgIpc) is 1.95. The minimum atomic E-state index is -0.905. The number of aliphatic carboxylic acids is 1. The number of halogens is 1. The summed E-state index contributed by atoms with van der Waals surface area (Å²) in [6.07, 6.45) is 3.65. The summed E-state index contributed by atoms with van der Waals surface area (Å²) in [6, 6.07) is 0. The lowest BCUT2D eigenvalue weighted by molar-refractivity contribution is -0.136. The van der Waals surface area contributed by atoms with Gasteiger partial charge in [-0.3, -0.25) is 4.79 Å². The maximum absolute atomic E-state index is 10.4. The molecule has 0 heterocycles. The number of carboxylic acid groups (broad SMARTS) is 1. The van der Waals surface area contributed by atoms with Crippen LogP contribution in [0.3, 0.4) is 0 Å². The fourth-order valence-corrected chi connectivity index (χ4v) is 1.26. The van der Waals surface area contributed by atoms with Gasteiger partial charge in [-0.25, -0.2) is 0 Å². The van der Waals surface area contributed by atoms with Gasteiger partial charge in [-0.15, -0.1) is 11.6 Å². The van der Waals surface area contributed by atoms with Crippen molar-refractivity contribution >= 4 is 17.6 Å². The van der Waals surface area contributed by atoms with E-state index in [4.69, 9.17) is 16.7 Å². The van der Waals surface area contributed by atoms with Gasteiger partial charge in [0.2, 0.25) is 0 Å². The molecule has 0 aliphatic heterocycles. The minimum absolute atomic E-state index is 0.338. The first-order valence-corrected chi connectivity index (χ1v) is 5.13. The van der Waals surface area contributed by atoms with E-state index in [2.05, 4.69) is 20.8 Å². The molecular formula is C10H19ClO2. The first-order chi connectivity index (χ1) is 5.83. The molecule has 0 aromatic heterocycles. The van der Waals surface area contributed by atoms with E-state index in [1.54, 1.807) is 0 Å². The second kappa shape index (κ2) is 5.48. The van der Waals surface area contributed by atoms with Crippen molar-refractivity contribution in [2.75, 3.05) is 0 Å². The van der Waals surface area contributed by atoms with Gasteiger partial charge in [0.25, 0.3) is 0 Å². The van der Waals surface area contributed by atoms with Crippen molar-refractivity contribution in [3.8, 4) is 0 Å². The lowest BCUT2D eigenvalue weighted by Gasteiger charge is -2.17. The molecule has 0 saturated carbocycles. The lowest BCUT2D eigenvalue weighted by Crippen LogP contribution is -2.13. The molecule has 0 spiro atoms. The highest BCUT2D eigenvalue weighted by molar-refractivity contribution is 6.29. The van der Waals surface area contributed by atoms with Crippen LogP contribution in [0.4, 0.5) is 0 Å². The topological polar surface area (TPSA) is 37.3 Å². The molecule has 0 aliphatic rings. The Bertz CT molecular complexity index is 161. The van der Waals surface area contributed by atoms with Gasteiger partial charge >= 0.3 is 5.97 Å². The fraction of sp³-hybridized carbons (Fsp3) is 0.900. The van der Waals surface area contributed by atoms with Crippen LogP contribution in [0.15, 0.2) is 0 Å². The van der Waals surface area contributed by atoms with Crippen LogP contribution in [0.5, 0.6) is 0 Å². The van der Waals surface area contributed by atoms with Gasteiger partial charge in [-0.1, -0.05) is 33.6 Å². The number of alkyl halides is 1. The summed E-state index contributed by atoms with van der Waals surface area (Å²) in [5, 5.41) is 7.80. The summed E-state index contributed by atoms with van der Waals surface area (Å²) in [6.45, 7) is 6.55. The van der Waals surface area contributed by atoms with Gasteiger partial charge in [0.05, 0.1) is 0 Å². The maximum atomic E-state index is 10.4. The molecule has 0 fully saturated rings. The van der Waals surface area contributed by atoms with E-state index in [1.165, 1.54) is 0 Å². The Hall–Kier alpha value is -0.240. The summed E-state index contributed by atoms with van der Waals surface area (Å²) < 4.78 is 0. The third-order valence-electron chi connectivity index (χ3n) is 1.90. The van der Waals surface area contributed by atoms with Gasteiger partial charge in [0.1, 0.15) is 5.38 Å². The van der Waals surface area contributed by atoms with Crippen LogP contribution in [0.1, 0.15) is 46.5 Å². The van der Waals surface area contributed by atoms with Crippen LogP contribution in [-0.4, -0.2) is 16.5 Å². The highest BCUT2D eigenvalue weighted by Gasteiger charge is 2.14. The molecule has 0 rings (SSSR count). The third kappa shape index (κ3) is 8.10. The molecule has 13 heavy (non-hydrogen) atoms. The summed E-state index contributed by atoms with van der Waals surface area (Å²) >= 11 is 5.57. The Morgan fingerprint density at radius 3 is 2.31 bits per heavy atom. The first kappa shape index (κ1) is 12.8. The first-order valence-electron chi connectivity index (χ1n) is 4.70. The molecule has 0 amide bonds. The van der Waals surface area contributed by atoms with Crippen LogP contribution in [0.25, 0.3) is 0 Å². The molecule has 0 radical (unpaired) electrons. The molecule has 0 aliphatic carbocycles. The summed E-state index contributed by atoms with van der Waals surface area (Å²) in [4.78, 5) is 10.4. The lowest BCUT2D eigenvalue weighted by atomic mass is 9.89. The zero-order chi connectivity index (χ0) is 10.5. The molecule has 1 N–H and O–H groups in total. The number of hydrogen-bond acceptors (Lipinski definition) is 1. The Kier molecular flexibility index (Phi) is 5.38. The second-order valence-electron chi connectivity index (χ2n) is 4.61. The largest absolute Gasteiger partial charge is 0.480 e. The van der Waals surface area contributed by atoms with Crippen molar-refractivity contribution in [3.63, 3.8) is 0 Å². The molecule has 0 saturated heterocycles. The van der Waals surface area contributed by atoms with Gasteiger partial charge in [-0.05, 0) is 18.3 Å². The summed E-state index contributed by atoms with van der Waals surface area (Å²) in [7, 11) is 0. The minimum Gasteiger partial charge on any atom is -0.480 e. The average molecular weight is 207 g/mol. The molecule has 0 aromatic rings. The smallest absolute Gasteiger partial charge is 0.321 e. The highest BCUT2D eigenvalue weighted by Crippen LogP contribution is 2.22. The molecular weight excluding hydrogens is 188 g/mol. The van der Waals surface area contributed by atoms with Crippen LogP contribution >= 0.6 is 11.6 Å². The van der Waals surface area contributed by atoms with Crippen LogP contribution in [-0.2, 0) is 4.79 Å². The van der Waals surface area contributed by atoms with E-state index in [9.17, 15) is 4.79 Å². The van der Waals surface area contributed by atoms with E-state index in [0.717, 1.165) is 19.3 Å². The van der Waals surface area contributed by atoms with Gasteiger partial charge in [0.15, 0.2) is 0 Å². The fourth-order valence-electron chi connectivity index (χ4n) is 1.10. The summed E-state index contributed by atoms with van der Waals surface area (Å²) in [5.41, 5.74) is 0.338. The number of carbonyl (C=O) groups is 1. The zero-order valence-electron chi connectivity index (χ0n) is 8.64. The molecule has 1 unspecified atom stereocenters. The Morgan fingerprint density at radius 1 is 1.38 bits per heavy atom. The number of rotatable bonds is 5. The normalized spacial score (nSPS) is 14.2.